The predicted molar refractivity (Wildman–Crippen MR) is 71.0 cm³/mol. The summed E-state index contributed by atoms with van der Waals surface area (Å²) in [5.74, 6) is 0. The van der Waals surface area contributed by atoms with Gasteiger partial charge in [-0.25, -0.2) is 0 Å². The molecule has 0 amide bonds. The van der Waals surface area contributed by atoms with Crippen molar-refractivity contribution >= 4 is 18.0 Å². The van der Waals surface area contributed by atoms with Crippen molar-refractivity contribution in [1.82, 2.24) is 0 Å². The van der Waals surface area contributed by atoms with E-state index in [1.165, 1.54) is 28.1 Å². The van der Waals surface area contributed by atoms with Crippen molar-refractivity contribution in [3.05, 3.63) is 58.8 Å². The van der Waals surface area contributed by atoms with Crippen molar-refractivity contribution in [2.24, 2.45) is 4.99 Å². The summed E-state index contributed by atoms with van der Waals surface area (Å²) in [6.45, 7) is 0.737. The van der Waals surface area contributed by atoms with Gasteiger partial charge in [-0.1, -0.05) is 30.4 Å². The number of allylic oxidation sites excluding steroid dienone is 3. The average molecular weight is 220 g/mol. The van der Waals surface area contributed by atoms with E-state index in [1.807, 2.05) is 6.21 Å². The van der Waals surface area contributed by atoms with E-state index in [9.17, 15) is 0 Å². The Labute approximate surface area is 100 Å². The second-order valence-electron chi connectivity index (χ2n) is 4.52. The molecular formula is C15H12N2. The van der Waals surface area contributed by atoms with Crippen molar-refractivity contribution in [3.63, 3.8) is 0 Å². The van der Waals surface area contributed by atoms with Crippen molar-refractivity contribution in [1.29, 1.82) is 0 Å². The molecule has 2 heteroatoms. The molecular weight excluding hydrogens is 208 g/mol. The van der Waals surface area contributed by atoms with Crippen LogP contribution in [0.1, 0.15) is 12.0 Å². The minimum atomic E-state index is 0.737. The molecule has 2 aliphatic heterocycles. The second-order valence-corrected chi connectivity index (χ2v) is 4.52. The molecule has 2 nitrogen and oxygen atoms in total. The first-order valence-electron chi connectivity index (χ1n) is 5.92. The van der Waals surface area contributed by atoms with Crippen molar-refractivity contribution in [2.75, 3.05) is 11.6 Å². The minimum absolute atomic E-state index is 0.737. The first-order chi connectivity index (χ1) is 8.43. The molecule has 0 saturated heterocycles. The molecule has 2 heterocycles. The Balaban J connectivity index is 2.02. The molecule has 0 bridgehead atoms. The van der Waals surface area contributed by atoms with Crippen LogP contribution in [0, 0.1) is 0 Å². The number of rotatable bonds is 0. The summed E-state index contributed by atoms with van der Waals surface area (Å²) < 4.78 is 0. The van der Waals surface area contributed by atoms with Gasteiger partial charge in [-0.3, -0.25) is 4.99 Å². The van der Waals surface area contributed by atoms with E-state index >= 15 is 0 Å². The van der Waals surface area contributed by atoms with Crippen LogP contribution in [-0.4, -0.2) is 12.9 Å². The lowest BCUT2D eigenvalue weighted by molar-refractivity contribution is 0.894. The van der Waals surface area contributed by atoms with Gasteiger partial charge in [0.15, 0.2) is 0 Å². The fraction of sp³-hybridized carbons (Fsp3) is 0.133. The Hall–Kier alpha value is -2.09. The number of hydrogen-bond acceptors (Lipinski definition) is 2. The summed E-state index contributed by atoms with van der Waals surface area (Å²) in [5, 5.41) is 0. The van der Waals surface area contributed by atoms with E-state index in [0.717, 1.165) is 13.1 Å². The van der Waals surface area contributed by atoms with E-state index < -0.39 is 0 Å². The molecule has 0 radical (unpaired) electrons. The summed E-state index contributed by atoms with van der Waals surface area (Å²) in [4.78, 5) is 6.79. The molecule has 0 spiro atoms. The number of para-hydroxylation sites is 1. The van der Waals surface area contributed by atoms with Crippen LogP contribution in [0.4, 0.5) is 5.69 Å². The molecule has 1 aromatic rings. The van der Waals surface area contributed by atoms with Gasteiger partial charge in [0.2, 0.25) is 0 Å². The lowest BCUT2D eigenvalue weighted by atomic mass is 9.91. The first-order valence-corrected chi connectivity index (χ1v) is 5.92. The van der Waals surface area contributed by atoms with E-state index in [-0.39, 0.29) is 0 Å². The van der Waals surface area contributed by atoms with E-state index in [4.69, 9.17) is 0 Å². The van der Waals surface area contributed by atoms with Crippen molar-refractivity contribution in [2.45, 2.75) is 6.42 Å². The van der Waals surface area contributed by atoms with Crippen LogP contribution in [-0.2, 0) is 0 Å². The van der Waals surface area contributed by atoms with E-state index in [0.29, 0.717) is 0 Å². The highest BCUT2D eigenvalue weighted by molar-refractivity contribution is 5.92. The number of benzene rings is 1. The predicted octanol–water partition coefficient (Wildman–Crippen LogP) is 3.15. The van der Waals surface area contributed by atoms with Crippen molar-refractivity contribution in [3.8, 4) is 0 Å². The zero-order valence-electron chi connectivity index (χ0n) is 9.43. The van der Waals surface area contributed by atoms with Crippen LogP contribution >= 0.6 is 0 Å². The molecule has 17 heavy (non-hydrogen) atoms. The SMILES string of the molecule is C1=CC2=Cc3ccccc3N3CN=CC(=C23)C1. The number of hydrogen-bond donors (Lipinski definition) is 0. The van der Waals surface area contributed by atoms with Gasteiger partial charge in [-0.05, 0) is 35.3 Å². The molecule has 0 fully saturated rings. The Morgan fingerprint density at radius 3 is 3.12 bits per heavy atom. The van der Waals surface area contributed by atoms with Gasteiger partial charge in [0.05, 0.1) is 11.4 Å². The van der Waals surface area contributed by atoms with Crippen LogP contribution < -0.4 is 4.90 Å². The first kappa shape index (κ1) is 8.99. The Bertz CT molecular complexity index is 618. The summed E-state index contributed by atoms with van der Waals surface area (Å²) in [6, 6.07) is 8.52. The van der Waals surface area contributed by atoms with Crippen LogP contribution in [0.15, 0.2) is 58.3 Å². The molecule has 0 atom stereocenters. The average Bonchev–Trinajstić information content (AvgIpc) is 2.39. The molecule has 1 aliphatic carbocycles. The van der Waals surface area contributed by atoms with Gasteiger partial charge in [0.25, 0.3) is 0 Å². The van der Waals surface area contributed by atoms with E-state index in [1.54, 1.807) is 0 Å². The normalized spacial score (nSPS) is 20.0. The Morgan fingerprint density at radius 1 is 1.18 bits per heavy atom. The molecule has 0 saturated carbocycles. The summed E-state index contributed by atoms with van der Waals surface area (Å²) in [6.07, 6.45) is 9.73. The fourth-order valence-electron chi connectivity index (χ4n) is 2.76. The molecule has 1 aromatic carbocycles. The Morgan fingerprint density at radius 2 is 2.12 bits per heavy atom. The van der Waals surface area contributed by atoms with Gasteiger partial charge < -0.3 is 4.90 Å². The standard InChI is InChI=1S/C15H12N2/c1-2-7-14-11(4-1)8-12-5-3-6-13-9-16-10-17(14)15(12)13/h1-5,7-9H,6,10H2. The third kappa shape index (κ3) is 1.18. The highest BCUT2D eigenvalue weighted by Gasteiger charge is 2.27. The second kappa shape index (κ2) is 3.20. The highest BCUT2D eigenvalue weighted by Crippen LogP contribution is 2.39. The minimum Gasteiger partial charge on any atom is -0.320 e. The summed E-state index contributed by atoms with van der Waals surface area (Å²) in [7, 11) is 0. The molecule has 82 valence electrons. The fourth-order valence-corrected chi connectivity index (χ4v) is 2.76. The smallest absolute Gasteiger partial charge is 0.114 e. The van der Waals surface area contributed by atoms with Crippen LogP contribution in [0.5, 0.6) is 0 Å². The van der Waals surface area contributed by atoms with Gasteiger partial charge in [0.1, 0.15) is 6.67 Å². The van der Waals surface area contributed by atoms with Crippen LogP contribution in [0.2, 0.25) is 0 Å². The largest absolute Gasteiger partial charge is 0.320 e. The lowest BCUT2D eigenvalue weighted by Crippen LogP contribution is -2.31. The molecule has 0 unspecified atom stereocenters. The maximum Gasteiger partial charge on any atom is 0.114 e. The van der Waals surface area contributed by atoms with Crippen molar-refractivity contribution < 1.29 is 0 Å². The Kier molecular flexibility index (Phi) is 1.69. The number of fused-ring (bicyclic) bond motifs is 2. The van der Waals surface area contributed by atoms with Gasteiger partial charge in [-0.15, -0.1) is 0 Å². The maximum atomic E-state index is 4.46. The zero-order chi connectivity index (χ0) is 11.2. The quantitative estimate of drug-likeness (QED) is 0.655. The van der Waals surface area contributed by atoms with Gasteiger partial charge in [0, 0.05) is 6.21 Å². The van der Waals surface area contributed by atoms with Crippen LogP contribution in [0.3, 0.4) is 0 Å². The van der Waals surface area contributed by atoms with Crippen LogP contribution in [0.25, 0.3) is 6.08 Å². The van der Waals surface area contributed by atoms with Gasteiger partial charge >= 0.3 is 0 Å². The maximum absolute atomic E-state index is 4.46. The monoisotopic (exact) mass is 220 g/mol. The van der Waals surface area contributed by atoms with Gasteiger partial charge in [-0.2, -0.15) is 0 Å². The lowest BCUT2D eigenvalue weighted by Gasteiger charge is -2.36. The molecule has 4 rings (SSSR count). The molecule has 0 N–H and O–H groups in total. The third-order valence-electron chi connectivity index (χ3n) is 3.49. The third-order valence-corrected chi connectivity index (χ3v) is 3.49. The summed E-state index contributed by atoms with van der Waals surface area (Å²) in [5.41, 5.74) is 6.56. The molecule has 0 aromatic heterocycles. The number of nitrogens with zero attached hydrogens (tertiary/aromatic N) is 2. The van der Waals surface area contributed by atoms with E-state index in [2.05, 4.69) is 52.4 Å². The summed E-state index contributed by atoms with van der Waals surface area (Å²) >= 11 is 0. The topological polar surface area (TPSA) is 15.6 Å². The highest BCUT2D eigenvalue weighted by atomic mass is 15.2. The molecule has 3 aliphatic rings. The zero-order valence-corrected chi connectivity index (χ0v) is 9.43. The number of aliphatic imine (C=N–C) groups is 1. The number of anilines is 1.